The van der Waals surface area contributed by atoms with Crippen molar-refractivity contribution >= 4 is 23.4 Å². The Morgan fingerprint density at radius 3 is 2.68 bits per heavy atom. The Morgan fingerprint density at radius 2 is 2.00 bits per heavy atom. The maximum absolute atomic E-state index is 12.6. The van der Waals surface area contributed by atoms with Crippen molar-refractivity contribution in [2.45, 2.75) is 76.9 Å². The molecule has 1 amide bonds. The summed E-state index contributed by atoms with van der Waals surface area (Å²) in [5.41, 5.74) is 1.90. The van der Waals surface area contributed by atoms with E-state index in [1.54, 1.807) is 11.8 Å². The van der Waals surface area contributed by atoms with Crippen molar-refractivity contribution < 1.29 is 42.6 Å². The first-order chi connectivity index (χ1) is 13.2. The molecule has 1 fully saturated rings. The van der Waals surface area contributed by atoms with Crippen LogP contribution in [0.3, 0.4) is 0 Å². The van der Waals surface area contributed by atoms with E-state index in [1.165, 1.54) is 19.3 Å². The molecule has 1 aliphatic rings. The minimum atomic E-state index is -0.410. The van der Waals surface area contributed by atoms with E-state index in [2.05, 4.69) is 25.3 Å². The molecule has 0 saturated carbocycles. The van der Waals surface area contributed by atoms with Gasteiger partial charge in [-0.15, -0.1) is 0 Å². The second kappa shape index (κ2) is 14.8. The molecule has 1 aromatic carbocycles. The third-order valence-corrected chi connectivity index (χ3v) is 5.67. The molecule has 0 aliphatic carbocycles. The number of anilines is 1. The number of unbranched alkanes of at least 4 members (excludes halogenated alkanes) is 3. The number of amides is 1. The van der Waals surface area contributed by atoms with E-state index < -0.39 is 6.10 Å². The molecular weight excluding hydrogens is 443 g/mol. The van der Waals surface area contributed by atoms with Gasteiger partial charge in [0.1, 0.15) is 0 Å². The van der Waals surface area contributed by atoms with E-state index in [-0.39, 0.29) is 44.7 Å². The van der Waals surface area contributed by atoms with E-state index in [1.807, 2.05) is 29.2 Å². The smallest absolute Gasteiger partial charge is 0.227 e. The topological polar surface area (TPSA) is 40.5 Å². The van der Waals surface area contributed by atoms with Crippen LogP contribution < -0.4 is 4.90 Å². The second-order valence-electron chi connectivity index (χ2n) is 7.34. The maximum atomic E-state index is 12.6. The van der Waals surface area contributed by atoms with E-state index >= 15 is 0 Å². The predicted octanol–water partition coefficient (Wildman–Crippen LogP) is 6.04. The summed E-state index contributed by atoms with van der Waals surface area (Å²) in [6, 6.07) is 8.18. The Kier molecular flexibility index (Phi) is 13.6. The quantitative estimate of drug-likeness (QED) is 0.240. The second-order valence-corrected chi connectivity index (χ2v) is 8.09. The molecule has 1 aliphatic heterocycles. The fourth-order valence-corrected chi connectivity index (χ4v) is 3.97. The van der Waals surface area contributed by atoms with Gasteiger partial charge in [0.05, 0.1) is 6.10 Å². The Labute approximate surface area is 200 Å². The molecule has 1 radical (unpaired) electrons. The average Bonchev–Trinajstić information content (AvgIpc) is 2.69. The zero-order chi connectivity index (χ0) is 19.5. The molecule has 28 heavy (non-hydrogen) atoms. The van der Waals surface area contributed by atoms with Crippen molar-refractivity contribution in [3.05, 3.63) is 48.2 Å². The summed E-state index contributed by atoms with van der Waals surface area (Å²) in [7, 11) is 0. The van der Waals surface area contributed by atoms with Crippen molar-refractivity contribution in [3.8, 4) is 0 Å². The molecule has 2 unspecified atom stereocenters. The van der Waals surface area contributed by atoms with Crippen molar-refractivity contribution in [2.24, 2.45) is 0 Å². The molecule has 1 heterocycles. The summed E-state index contributed by atoms with van der Waals surface area (Å²) in [5, 5.41) is 10.4. The zero-order valence-electron chi connectivity index (χ0n) is 17.2. The van der Waals surface area contributed by atoms with Crippen LogP contribution in [0.25, 0.3) is 0 Å². The number of benzene rings is 1. The largest absolute Gasteiger partial charge is 0.388 e. The van der Waals surface area contributed by atoms with Crippen LogP contribution in [0.5, 0.6) is 0 Å². The molecule has 0 bridgehead atoms. The number of nitrogens with zero attached hydrogens (tertiary/aromatic N) is 1. The summed E-state index contributed by atoms with van der Waals surface area (Å²) in [6.07, 6.45) is 16.6. The molecule has 5 heteroatoms. The molecule has 153 valence electrons. The van der Waals surface area contributed by atoms with Crippen molar-refractivity contribution in [3.63, 3.8) is 0 Å². The fraction of sp³-hybridized carbons (Fsp3) is 0.565. The van der Waals surface area contributed by atoms with Gasteiger partial charge in [-0.05, 0) is 49.1 Å². The molecule has 1 aromatic rings. The normalized spacial score (nSPS) is 18.3. The van der Waals surface area contributed by atoms with Gasteiger partial charge in [0.2, 0.25) is 5.91 Å². The van der Waals surface area contributed by atoms with Gasteiger partial charge < -0.3 is 21.8 Å². The summed E-state index contributed by atoms with van der Waals surface area (Å²) in [4.78, 5) is 14.5. The van der Waals surface area contributed by atoms with E-state index in [0.717, 1.165) is 49.1 Å². The number of aliphatic hydroxyl groups excluding tert-OH is 1. The van der Waals surface area contributed by atoms with Gasteiger partial charge in [-0.25, -0.2) is 0 Å². The number of hydrogen-bond donors (Lipinski definition) is 1. The number of aliphatic hydroxyl groups is 1. The summed E-state index contributed by atoms with van der Waals surface area (Å²) in [5.74, 6) is 1.12. The average molecular weight is 478 g/mol. The minimum Gasteiger partial charge on any atom is -0.388 e. The molecule has 1 saturated heterocycles. The Morgan fingerprint density at radius 1 is 1.25 bits per heavy atom. The Balaban J connectivity index is 0.00000392. The van der Waals surface area contributed by atoms with Gasteiger partial charge in [0.25, 0.3) is 0 Å². The van der Waals surface area contributed by atoms with Crippen molar-refractivity contribution in [1.82, 2.24) is 0 Å². The van der Waals surface area contributed by atoms with Crippen LogP contribution >= 0.6 is 11.8 Å². The monoisotopic (exact) mass is 477 g/mol. The van der Waals surface area contributed by atoms with Crippen LogP contribution in [0, 0.1) is 6.26 Å². The molecule has 0 aromatic heterocycles. The Hall–Kier alpha value is -0.156. The number of hydrogen-bond acceptors (Lipinski definition) is 3. The standard InChI is InChI=1S/C23H34NO2S.Y/c1-3-4-5-6-12-22(25)19-14-16-21(17-15-19)24-20(10-7-8-18-27-2)11-9-13-23(24)26;/h7-8,14-17,20,22,25H,2-6,9-13,18H2,1H3;/q-1;/b8-7-;. The van der Waals surface area contributed by atoms with Crippen molar-refractivity contribution in [2.75, 3.05) is 10.7 Å². The van der Waals surface area contributed by atoms with Crippen LogP contribution in [0.15, 0.2) is 36.4 Å². The number of piperidine rings is 1. The maximum Gasteiger partial charge on any atom is 0.227 e. The van der Waals surface area contributed by atoms with Gasteiger partial charge in [0, 0.05) is 50.9 Å². The van der Waals surface area contributed by atoms with Crippen LogP contribution in [0.1, 0.15) is 76.4 Å². The number of carbonyl (C=O) groups is 1. The summed E-state index contributed by atoms with van der Waals surface area (Å²) in [6.45, 7) is 2.19. The van der Waals surface area contributed by atoms with Crippen LogP contribution in [0.2, 0.25) is 0 Å². The summed E-state index contributed by atoms with van der Waals surface area (Å²) >= 11 is 1.56. The minimum absolute atomic E-state index is 0. The van der Waals surface area contributed by atoms with E-state index in [9.17, 15) is 9.90 Å². The molecule has 1 N–H and O–H groups in total. The number of carbonyl (C=O) groups excluding carboxylic acids is 1. The molecule has 2 atom stereocenters. The Bertz CT molecular complexity index is 591. The number of thioether (sulfide) groups is 1. The molecular formula is C23H34NO2SY-. The third kappa shape index (κ3) is 8.30. The SMILES string of the molecule is [CH2-]SC/C=C\CC1CCCC(=O)N1c1ccc(C(O)CCCCCC)cc1.[Y]. The van der Waals surface area contributed by atoms with Crippen LogP contribution in [-0.4, -0.2) is 22.8 Å². The molecule has 0 spiro atoms. The fourth-order valence-electron chi connectivity index (χ4n) is 3.70. The van der Waals surface area contributed by atoms with Crippen molar-refractivity contribution in [1.29, 1.82) is 0 Å². The number of rotatable bonds is 11. The van der Waals surface area contributed by atoms with Gasteiger partial charge in [0.15, 0.2) is 0 Å². The van der Waals surface area contributed by atoms with Crippen LogP contribution in [-0.2, 0) is 37.5 Å². The van der Waals surface area contributed by atoms with Crippen LogP contribution in [0.4, 0.5) is 5.69 Å². The zero-order valence-corrected chi connectivity index (χ0v) is 20.8. The first-order valence-corrected chi connectivity index (χ1v) is 11.4. The van der Waals surface area contributed by atoms with E-state index in [0.29, 0.717) is 6.42 Å². The molecule has 3 nitrogen and oxygen atoms in total. The van der Waals surface area contributed by atoms with E-state index in [4.69, 9.17) is 0 Å². The van der Waals surface area contributed by atoms with Gasteiger partial charge >= 0.3 is 0 Å². The van der Waals surface area contributed by atoms with Gasteiger partial charge in [-0.2, -0.15) is 0 Å². The van der Waals surface area contributed by atoms with Gasteiger partial charge in [-0.1, -0.05) is 56.9 Å². The molecule has 2 rings (SSSR count). The predicted molar refractivity (Wildman–Crippen MR) is 117 cm³/mol. The first kappa shape index (κ1) is 25.9. The first-order valence-electron chi connectivity index (χ1n) is 10.3. The third-order valence-electron chi connectivity index (χ3n) is 5.24. The summed E-state index contributed by atoms with van der Waals surface area (Å²) < 4.78 is 0. The van der Waals surface area contributed by atoms with Gasteiger partial charge in [-0.3, -0.25) is 11.1 Å².